The molecule has 3 aromatic rings. The van der Waals surface area contributed by atoms with Crippen LogP contribution in [-0.2, 0) is 28.6 Å². The third-order valence-corrected chi connectivity index (χ3v) is 9.98. The van der Waals surface area contributed by atoms with Crippen LogP contribution in [-0.4, -0.2) is 84.7 Å². The van der Waals surface area contributed by atoms with E-state index < -0.39 is 28.8 Å². The Morgan fingerprint density at radius 1 is 0.913 bits per heavy atom. The van der Waals surface area contributed by atoms with Gasteiger partial charge >= 0.3 is 12.1 Å². The van der Waals surface area contributed by atoms with E-state index >= 15 is 0 Å². The Bertz CT molecular complexity index is 1440. The highest BCUT2D eigenvalue weighted by molar-refractivity contribution is 8.01. The zero-order valence-electron chi connectivity index (χ0n) is 26.1. The van der Waals surface area contributed by atoms with Crippen molar-refractivity contribution in [1.29, 1.82) is 0 Å². The highest BCUT2D eigenvalue weighted by Gasteiger charge is 2.49. The van der Waals surface area contributed by atoms with Gasteiger partial charge in [0.2, 0.25) is 5.91 Å². The molecule has 46 heavy (non-hydrogen) atoms. The molecule has 0 radical (unpaired) electrons. The molecule has 2 saturated heterocycles. The van der Waals surface area contributed by atoms with Crippen LogP contribution < -0.4 is 0 Å². The highest BCUT2D eigenvalue weighted by atomic mass is 32.2. The number of hydrogen-bond acceptors (Lipinski definition) is 8. The van der Waals surface area contributed by atoms with Gasteiger partial charge in [0.15, 0.2) is 0 Å². The molecule has 2 amide bonds. The van der Waals surface area contributed by atoms with Gasteiger partial charge in [-0.1, -0.05) is 109 Å². The van der Waals surface area contributed by atoms with Crippen LogP contribution in [0.15, 0.2) is 109 Å². The molecule has 0 spiro atoms. The van der Waals surface area contributed by atoms with Gasteiger partial charge in [0.1, 0.15) is 25.7 Å². The fourth-order valence-corrected chi connectivity index (χ4v) is 8.07. The number of rotatable bonds is 11. The number of hydrogen-bond donors (Lipinski definition) is 0. The molecule has 2 heterocycles. The van der Waals surface area contributed by atoms with Gasteiger partial charge in [0.25, 0.3) is 0 Å². The Hall–Kier alpha value is -4.57. The predicted octanol–water partition coefficient (Wildman–Crippen LogP) is 5.50. The number of esters is 1. The van der Waals surface area contributed by atoms with E-state index in [0.29, 0.717) is 18.7 Å². The minimum Gasteiger partial charge on any atom is -0.465 e. The summed E-state index contributed by atoms with van der Waals surface area (Å²) in [5, 5.41) is 3.88. The van der Waals surface area contributed by atoms with Gasteiger partial charge in [-0.05, 0) is 30.0 Å². The molecule has 1 unspecified atom stereocenters. The zero-order valence-corrected chi connectivity index (χ0v) is 26.9. The average molecular weight is 642 g/mol. The second kappa shape index (κ2) is 15.1. The van der Waals surface area contributed by atoms with Gasteiger partial charge in [-0.25, -0.2) is 4.79 Å². The first-order valence-electron chi connectivity index (χ1n) is 15.4. The first-order chi connectivity index (χ1) is 22.4. The van der Waals surface area contributed by atoms with E-state index in [-0.39, 0.29) is 37.5 Å². The van der Waals surface area contributed by atoms with Crippen molar-refractivity contribution in [2.75, 3.05) is 40.0 Å². The smallest absolute Gasteiger partial charge is 0.410 e. The van der Waals surface area contributed by atoms with Crippen LogP contribution >= 0.6 is 11.8 Å². The Kier molecular flexibility index (Phi) is 10.8. The van der Waals surface area contributed by atoms with E-state index in [0.717, 1.165) is 16.7 Å². The van der Waals surface area contributed by atoms with Crippen LogP contribution in [0.4, 0.5) is 4.79 Å². The van der Waals surface area contributed by atoms with E-state index in [2.05, 4.69) is 48.1 Å². The first-order valence-corrected chi connectivity index (χ1v) is 16.2. The van der Waals surface area contributed by atoms with Crippen LogP contribution in [0.5, 0.6) is 0 Å². The van der Waals surface area contributed by atoms with Crippen molar-refractivity contribution in [3.63, 3.8) is 0 Å². The van der Waals surface area contributed by atoms with Crippen molar-refractivity contribution in [1.82, 2.24) is 9.80 Å². The fourth-order valence-electron chi connectivity index (χ4n) is 6.24. The molecule has 3 aromatic carbocycles. The van der Waals surface area contributed by atoms with Gasteiger partial charge in [0, 0.05) is 18.3 Å². The maximum Gasteiger partial charge on any atom is 0.410 e. The second-order valence-corrected chi connectivity index (χ2v) is 12.6. The van der Waals surface area contributed by atoms with Crippen LogP contribution in [0, 0.1) is 5.92 Å². The monoisotopic (exact) mass is 641 g/mol. The van der Waals surface area contributed by atoms with Crippen molar-refractivity contribution < 1.29 is 28.7 Å². The Labute approximate surface area is 274 Å². The van der Waals surface area contributed by atoms with Crippen molar-refractivity contribution in [2.45, 2.75) is 29.4 Å². The molecule has 2 fully saturated rings. The predicted molar refractivity (Wildman–Crippen MR) is 178 cm³/mol. The van der Waals surface area contributed by atoms with Gasteiger partial charge in [0.05, 0.1) is 23.6 Å². The van der Waals surface area contributed by atoms with Gasteiger partial charge in [-0.15, -0.1) is 11.8 Å². The number of oxime groups is 1. The number of nitrogens with zero attached hydrogens (tertiary/aromatic N) is 3. The Morgan fingerprint density at radius 3 is 1.98 bits per heavy atom. The minimum atomic E-state index is -0.806. The number of benzene rings is 3. The molecule has 10 heteroatoms. The number of ether oxygens (including phenoxy) is 2. The van der Waals surface area contributed by atoms with Crippen LogP contribution in [0.25, 0.3) is 0 Å². The van der Waals surface area contributed by atoms with Crippen LogP contribution in [0.2, 0.25) is 0 Å². The van der Waals surface area contributed by atoms with Crippen molar-refractivity contribution >= 4 is 35.4 Å². The summed E-state index contributed by atoms with van der Waals surface area (Å²) >= 11 is 1.73. The Balaban J connectivity index is 1.51. The first kappa shape index (κ1) is 32.8. The van der Waals surface area contributed by atoms with E-state index in [1.807, 2.05) is 54.6 Å². The van der Waals surface area contributed by atoms with Crippen molar-refractivity contribution in [3.05, 3.63) is 120 Å². The van der Waals surface area contributed by atoms with Gasteiger partial charge in [-0.2, -0.15) is 0 Å². The summed E-state index contributed by atoms with van der Waals surface area (Å²) in [6.07, 6.45) is 1.30. The number of carbonyl (C=O) groups is 3. The summed E-state index contributed by atoms with van der Waals surface area (Å²) in [5.74, 6) is -1.48. The van der Waals surface area contributed by atoms with Gasteiger partial charge in [-0.3, -0.25) is 14.5 Å². The molecule has 0 aliphatic carbocycles. The summed E-state index contributed by atoms with van der Waals surface area (Å²) in [5.41, 5.74) is 3.68. The molecular formula is C36H39N3O6S. The van der Waals surface area contributed by atoms with Crippen LogP contribution in [0.3, 0.4) is 0 Å². The standard InChI is InChI=1S/C36H39N3O6S/c1-4-21-45-35(42)39-23-29(22-32(39)33(40)38-24-30(34(41)44-5-2)31(25-38)37-43-3)46-36(26-15-9-6-10-16-26,27-17-11-7-12-18-27)28-19-13-8-14-20-28/h4,6-20,29-30,32H,1,5,21-25H2,2-3H3/b37-31-/t29-,30?,32-/m0/s1. The average Bonchev–Trinajstić information content (AvgIpc) is 3.72. The lowest BCUT2D eigenvalue weighted by Crippen LogP contribution is -2.47. The molecule has 3 atom stereocenters. The lowest BCUT2D eigenvalue weighted by Gasteiger charge is -2.37. The fraction of sp³-hybridized carbons (Fsp3) is 0.333. The van der Waals surface area contributed by atoms with Crippen LogP contribution in [0.1, 0.15) is 30.0 Å². The Morgan fingerprint density at radius 2 is 1.48 bits per heavy atom. The summed E-state index contributed by atoms with van der Waals surface area (Å²) < 4.78 is 10.1. The molecule has 5 rings (SSSR count). The molecular weight excluding hydrogens is 602 g/mol. The largest absolute Gasteiger partial charge is 0.465 e. The van der Waals surface area contributed by atoms with E-state index in [1.54, 1.807) is 23.6 Å². The maximum absolute atomic E-state index is 14.2. The lowest BCUT2D eigenvalue weighted by molar-refractivity contribution is -0.146. The summed E-state index contributed by atoms with van der Waals surface area (Å²) in [7, 11) is 1.40. The van der Waals surface area contributed by atoms with Crippen molar-refractivity contribution in [3.8, 4) is 0 Å². The molecule has 0 aromatic heterocycles. The molecule has 0 N–H and O–H groups in total. The normalized spacial score (nSPS) is 20.4. The highest BCUT2D eigenvalue weighted by Crippen LogP contribution is 2.52. The topological polar surface area (TPSA) is 97.7 Å². The quantitative estimate of drug-likeness (QED) is 0.118. The molecule has 0 saturated carbocycles. The van der Waals surface area contributed by atoms with E-state index in [4.69, 9.17) is 14.3 Å². The molecule has 2 aliphatic rings. The molecule has 240 valence electrons. The van der Waals surface area contributed by atoms with Gasteiger partial charge < -0.3 is 19.2 Å². The third kappa shape index (κ3) is 6.82. The number of carbonyl (C=O) groups excluding carboxylic acids is 3. The summed E-state index contributed by atoms with van der Waals surface area (Å²) in [6, 6.07) is 30.1. The minimum absolute atomic E-state index is 0.0231. The second-order valence-electron chi connectivity index (χ2n) is 11.1. The number of likely N-dealkylation sites (tertiary alicyclic amines) is 2. The van der Waals surface area contributed by atoms with E-state index in [9.17, 15) is 14.4 Å². The number of thioether (sulfide) groups is 1. The van der Waals surface area contributed by atoms with E-state index in [1.165, 1.54) is 18.1 Å². The third-order valence-electron chi connectivity index (χ3n) is 8.24. The molecule has 0 bridgehead atoms. The number of amides is 2. The molecule has 2 aliphatic heterocycles. The zero-order chi connectivity index (χ0) is 32.5. The van der Waals surface area contributed by atoms with Crippen molar-refractivity contribution in [2.24, 2.45) is 11.1 Å². The summed E-state index contributed by atoms with van der Waals surface area (Å²) in [4.78, 5) is 48.5. The maximum atomic E-state index is 14.2. The lowest BCUT2D eigenvalue weighted by atomic mass is 9.84. The molecule has 9 nitrogen and oxygen atoms in total. The summed E-state index contributed by atoms with van der Waals surface area (Å²) in [6.45, 7) is 6.10. The SMILES string of the molecule is C=CCOC(=O)N1C[C@@H](SC(c2ccccc2)(c2ccccc2)c2ccccc2)C[C@H]1C(=O)N1C/C(=N/OC)C(C(=O)OCC)C1.